The first kappa shape index (κ1) is 19.5. The Labute approximate surface area is 164 Å². The SMILES string of the molecule is O=C(NCCCCCCc1ccc(-c2ccn[nH]c2=O)cc1)c1cccnc1. The van der Waals surface area contributed by atoms with Gasteiger partial charge in [0.05, 0.1) is 5.56 Å². The van der Waals surface area contributed by atoms with E-state index in [0.717, 1.165) is 37.7 Å². The van der Waals surface area contributed by atoms with Crippen LogP contribution in [0.5, 0.6) is 0 Å². The van der Waals surface area contributed by atoms with Crippen molar-refractivity contribution in [3.05, 3.63) is 82.5 Å². The Hall–Kier alpha value is -3.28. The van der Waals surface area contributed by atoms with E-state index in [1.54, 1.807) is 36.8 Å². The number of rotatable bonds is 9. The van der Waals surface area contributed by atoms with Gasteiger partial charge in [0.25, 0.3) is 11.5 Å². The van der Waals surface area contributed by atoms with E-state index in [9.17, 15) is 9.59 Å². The highest BCUT2D eigenvalue weighted by molar-refractivity contribution is 5.93. The zero-order valence-corrected chi connectivity index (χ0v) is 15.7. The summed E-state index contributed by atoms with van der Waals surface area (Å²) >= 11 is 0. The van der Waals surface area contributed by atoms with E-state index in [4.69, 9.17) is 0 Å². The largest absolute Gasteiger partial charge is 0.352 e. The molecule has 2 aromatic heterocycles. The molecule has 2 heterocycles. The van der Waals surface area contributed by atoms with Crippen LogP contribution >= 0.6 is 0 Å². The molecule has 144 valence electrons. The maximum atomic E-state index is 11.9. The Balaban J connectivity index is 1.33. The second kappa shape index (κ2) is 10.2. The van der Waals surface area contributed by atoms with Crippen LogP contribution in [-0.2, 0) is 6.42 Å². The number of carbonyl (C=O) groups is 1. The van der Waals surface area contributed by atoms with Crippen molar-refractivity contribution < 1.29 is 4.79 Å². The van der Waals surface area contributed by atoms with E-state index in [2.05, 4.69) is 32.6 Å². The molecule has 0 unspecified atom stereocenters. The molecule has 3 rings (SSSR count). The number of hydrogen-bond donors (Lipinski definition) is 2. The molecule has 0 saturated carbocycles. The van der Waals surface area contributed by atoms with Gasteiger partial charge in [0.15, 0.2) is 0 Å². The van der Waals surface area contributed by atoms with Gasteiger partial charge in [-0.25, -0.2) is 5.10 Å². The van der Waals surface area contributed by atoms with Gasteiger partial charge in [0.2, 0.25) is 0 Å². The van der Waals surface area contributed by atoms with Crippen LogP contribution in [0.15, 0.2) is 65.8 Å². The minimum Gasteiger partial charge on any atom is -0.352 e. The number of nitrogens with one attached hydrogen (secondary N) is 2. The van der Waals surface area contributed by atoms with Crippen molar-refractivity contribution in [1.29, 1.82) is 0 Å². The fourth-order valence-corrected chi connectivity index (χ4v) is 3.03. The number of carbonyl (C=O) groups excluding carboxylic acids is 1. The van der Waals surface area contributed by atoms with Gasteiger partial charge >= 0.3 is 0 Å². The van der Waals surface area contributed by atoms with E-state index in [-0.39, 0.29) is 11.5 Å². The fourth-order valence-electron chi connectivity index (χ4n) is 3.03. The van der Waals surface area contributed by atoms with E-state index < -0.39 is 0 Å². The number of aromatic nitrogens is 3. The van der Waals surface area contributed by atoms with Gasteiger partial charge in [-0.05, 0) is 48.6 Å². The van der Waals surface area contributed by atoms with Crippen molar-refractivity contribution in [2.75, 3.05) is 6.54 Å². The van der Waals surface area contributed by atoms with Crippen LogP contribution in [0.1, 0.15) is 41.6 Å². The van der Waals surface area contributed by atoms with Gasteiger partial charge in [-0.15, -0.1) is 0 Å². The fraction of sp³-hybridized carbons (Fsp3) is 0.273. The molecule has 2 N–H and O–H groups in total. The Bertz CT molecular complexity index is 937. The van der Waals surface area contributed by atoms with Crippen LogP contribution in [0.4, 0.5) is 0 Å². The molecule has 0 fully saturated rings. The molecule has 0 radical (unpaired) electrons. The first-order valence-electron chi connectivity index (χ1n) is 9.55. The average molecular weight is 376 g/mol. The predicted octanol–water partition coefficient (Wildman–Crippen LogP) is 3.36. The van der Waals surface area contributed by atoms with Crippen molar-refractivity contribution in [1.82, 2.24) is 20.5 Å². The molecule has 6 nitrogen and oxygen atoms in total. The third-order valence-electron chi connectivity index (χ3n) is 4.59. The van der Waals surface area contributed by atoms with Crippen LogP contribution in [0.3, 0.4) is 0 Å². The molecule has 0 saturated heterocycles. The molecular weight excluding hydrogens is 352 g/mol. The molecule has 1 aromatic carbocycles. The van der Waals surface area contributed by atoms with Gasteiger partial charge in [-0.1, -0.05) is 37.1 Å². The van der Waals surface area contributed by atoms with Crippen molar-refractivity contribution in [3.8, 4) is 11.1 Å². The van der Waals surface area contributed by atoms with Gasteiger partial charge in [-0.2, -0.15) is 5.10 Å². The molecule has 28 heavy (non-hydrogen) atoms. The van der Waals surface area contributed by atoms with Crippen molar-refractivity contribution in [2.24, 2.45) is 0 Å². The Morgan fingerprint density at radius 1 is 0.964 bits per heavy atom. The monoisotopic (exact) mass is 376 g/mol. The van der Waals surface area contributed by atoms with E-state index in [1.165, 1.54) is 5.56 Å². The quantitative estimate of drug-likeness (QED) is 0.561. The smallest absolute Gasteiger partial charge is 0.272 e. The highest BCUT2D eigenvalue weighted by Crippen LogP contribution is 2.16. The lowest BCUT2D eigenvalue weighted by Crippen LogP contribution is -2.24. The molecule has 1 amide bonds. The number of aromatic amines is 1. The maximum Gasteiger partial charge on any atom is 0.272 e. The lowest BCUT2D eigenvalue weighted by Gasteiger charge is -2.06. The van der Waals surface area contributed by atoms with Gasteiger partial charge in [0, 0.05) is 30.7 Å². The molecule has 6 heteroatoms. The third-order valence-corrected chi connectivity index (χ3v) is 4.59. The van der Waals surface area contributed by atoms with Crippen molar-refractivity contribution in [2.45, 2.75) is 32.1 Å². The second-order valence-electron chi connectivity index (χ2n) is 6.66. The first-order valence-corrected chi connectivity index (χ1v) is 9.55. The number of hydrogen-bond acceptors (Lipinski definition) is 4. The zero-order chi connectivity index (χ0) is 19.6. The summed E-state index contributed by atoms with van der Waals surface area (Å²) < 4.78 is 0. The summed E-state index contributed by atoms with van der Waals surface area (Å²) in [6.07, 6.45) is 10.1. The Kier molecular flexibility index (Phi) is 7.07. The zero-order valence-electron chi connectivity index (χ0n) is 15.7. The molecule has 0 bridgehead atoms. The molecule has 0 aliphatic rings. The highest BCUT2D eigenvalue weighted by Gasteiger charge is 2.04. The van der Waals surface area contributed by atoms with Crippen LogP contribution in [0.25, 0.3) is 11.1 Å². The normalized spacial score (nSPS) is 10.6. The predicted molar refractivity (Wildman–Crippen MR) is 109 cm³/mol. The highest BCUT2D eigenvalue weighted by atomic mass is 16.1. The molecule has 0 aliphatic heterocycles. The number of unbranched alkanes of at least 4 members (excludes halogenated alkanes) is 3. The van der Waals surface area contributed by atoms with E-state index in [1.807, 2.05) is 12.1 Å². The van der Waals surface area contributed by atoms with Crippen LogP contribution in [0, 0.1) is 0 Å². The number of pyridine rings is 1. The number of nitrogens with zero attached hydrogens (tertiary/aromatic N) is 2. The maximum absolute atomic E-state index is 11.9. The Morgan fingerprint density at radius 3 is 2.54 bits per heavy atom. The topological polar surface area (TPSA) is 87.7 Å². The number of aryl methyl sites for hydroxylation is 1. The summed E-state index contributed by atoms with van der Waals surface area (Å²) in [5.74, 6) is -0.0683. The summed E-state index contributed by atoms with van der Waals surface area (Å²) in [6.45, 7) is 0.683. The minimum absolute atomic E-state index is 0.0683. The molecule has 0 atom stereocenters. The van der Waals surface area contributed by atoms with Crippen LogP contribution in [0.2, 0.25) is 0 Å². The summed E-state index contributed by atoms with van der Waals surface area (Å²) in [5, 5.41) is 9.10. The summed E-state index contributed by atoms with van der Waals surface area (Å²) in [4.78, 5) is 27.6. The van der Waals surface area contributed by atoms with Crippen LogP contribution in [-0.4, -0.2) is 27.6 Å². The van der Waals surface area contributed by atoms with Crippen molar-refractivity contribution in [3.63, 3.8) is 0 Å². The van der Waals surface area contributed by atoms with Gasteiger partial charge < -0.3 is 5.32 Å². The van der Waals surface area contributed by atoms with Gasteiger partial charge in [-0.3, -0.25) is 14.6 Å². The van der Waals surface area contributed by atoms with Crippen molar-refractivity contribution >= 4 is 5.91 Å². The molecule has 0 aliphatic carbocycles. The van der Waals surface area contributed by atoms with E-state index in [0.29, 0.717) is 17.7 Å². The molecule has 0 spiro atoms. The standard InChI is InChI=1S/C22H24N4O2/c27-21(19-7-5-13-23-16-19)24-14-4-2-1-3-6-17-8-10-18(11-9-17)20-12-15-25-26-22(20)28/h5,7-13,15-16H,1-4,6,14H2,(H,24,27)(H,26,28). The lowest BCUT2D eigenvalue weighted by molar-refractivity contribution is 0.0952. The lowest BCUT2D eigenvalue weighted by atomic mass is 10.0. The summed E-state index contributed by atoms with van der Waals surface area (Å²) in [6, 6.07) is 13.4. The second-order valence-corrected chi connectivity index (χ2v) is 6.66. The first-order chi connectivity index (χ1) is 13.7. The number of amides is 1. The Morgan fingerprint density at radius 2 is 1.79 bits per heavy atom. The average Bonchev–Trinajstić information content (AvgIpc) is 2.74. The molecule has 3 aromatic rings. The summed E-state index contributed by atoms with van der Waals surface area (Å²) in [5.41, 5.74) is 3.22. The number of H-pyrrole nitrogens is 1. The van der Waals surface area contributed by atoms with E-state index >= 15 is 0 Å². The summed E-state index contributed by atoms with van der Waals surface area (Å²) in [7, 11) is 0. The number of benzene rings is 1. The molecular formula is C22H24N4O2. The van der Waals surface area contributed by atoms with Gasteiger partial charge in [0.1, 0.15) is 0 Å². The van der Waals surface area contributed by atoms with Crippen LogP contribution < -0.4 is 10.9 Å². The minimum atomic E-state index is -0.175. The third kappa shape index (κ3) is 5.61.